The maximum atomic E-state index is 12.4. The summed E-state index contributed by atoms with van der Waals surface area (Å²) in [5.41, 5.74) is 1.95. The molecule has 0 aliphatic carbocycles. The summed E-state index contributed by atoms with van der Waals surface area (Å²) in [4.78, 5) is 24.6. The number of thiophene rings is 1. The van der Waals surface area contributed by atoms with E-state index < -0.39 is 0 Å². The summed E-state index contributed by atoms with van der Waals surface area (Å²) in [5.74, 6) is 1.31. The molecular formula is C24H22N4O5S. The van der Waals surface area contributed by atoms with E-state index in [1.807, 2.05) is 22.9 Å². The number of nitrogens with one attached hydrogen (secondary N) is 2. The van der Waals surface area contributed by atoms with E-state index in [2.05, 4.69) is 20.8 Å². The number of ether oxygens (including phenoxy) is 2. The van der Waals surface area contributed by atoms with Gasteiger partial charge >= 0.3 is 0 Å². The molecule has 174 valence electrons. The average Bonchev–Trinajstić information content (AvgIpc) is 3.54. The molecule has 34 heavy (non-hydrogen) atoms. The molecule has 0 saturated carbocycles. The number of rotatable bonds is 10. The summed E-state index contributed by atoms with van der Waals surface area (Å²) in [7, 11) is 1.53. The predicted octanol–water partition coefficient (Wildman–Crippen LogP) is 4.40. The lowest BCUT2D eigenvalue weighted by molar-refractivity contribution is -0.118. The van der Waals surface area contributed by atoms with Crippen molar-refractivity contribution >= 4 is 34.5 Å². The zero-order chi connectivity index (χ0) is 23.8. The lowest BCUT2D eigenvalue weighted by Crippen LogP contribution is -2.20. The molecule has 0 atom stereocenters. The highest BCUT2D eigenvalue weighted by Gasteiger charge is 2.12. The van der Waals surface area contributed by atoms with Gasteiger partial charge in [0.25, 0.3) is 5.91 Å². The molecule has 0 aliphatic rings. The van der Waals surface area contributed by atoms with Gasteiger partial charge in [-0.15, -0.1) is 10.2 Å². The highest BCUT2D eigenvalue weighted by Crippen LogP contribution is 2.26. The first-order chi connectivity index (χ1) is 16.6. The van der Waals surface area contributed by atoms with E-state index in [-0.39, 0.29) is 24.8 Å². The summed E-state index contributed by atoms with van der Waals surface area (Å²) in [6.45, 7) is -0.186. The van der Waals surface area contributed by atoms with Crippen LogP contribution in [0.1, 0.15) is 12.3 Å². The number of amides is 2. The normalized spacial score (nSPS) is 10.5. The second kappa shape index (κ2) is 11.1. The van der Waals surface area contributed by atoms with E-state index in [9.17, 15) is 9.59 Å². The Bertz CT molecular complexity index is 1260. The van der Waals surface area contributed by atoms with Crippen LogP contribution in [0, 0.1) is 0 Å². The molecule has 0 spiro atoms. The maximum absolute atomic E-state index is 12.4. The molecule has 10 heteroatoms. The van der Waals surface area contributed by atoms with Crippen molar-refractivity contribution in [1.82, 2.24) is 10.2 Å². The van der Waals surface area contributed by atoms with Crippen molar-refractivity contribution < 1.29 is 23.5 Å². The molecule has 2 N–H and O–H groups in total. The first kappa shape index (κ1) is 23.0. The van der Waals surface area contributed by atoms with Crippen LogP contribution in [0.5, 0.6) is 11.5 Å². The van der Waals surface area contributed by atoms with E-state index in [1.54, 1.807) is 53.8 Å². The molecule has 4 rings (SSSR count). The van der Waals surface area contributed by atoms with E-state index >= 15 is 0 Å². The summed E-state index contributed by atoms with van der Waals surface area (Å²) < 4.78 is 16.3. The van der Waals surface area contributed by atoms with Gasteiger partial charge in [0, 0.05) is 35.2 Å². The standard InChI is InChI=1S/C24H22N4O5S/c1-31-19-7-2-3-8-20(19)32-14-22(30)26-18-6-4-5-17(13-18)25-21(29)9-10-23-27-28-24(33-23)16-11-12-34-15-16/h2-8,11-13,15H,9-10,14H2,1H3,(H,25,29)(H,26,30). The molecule has 4 aromatic rings. The van der Waals surface area contributed by atoms with Gasteiger partial charge in [-0.05, 0) is 41.8 Å². The number of aryl methyl sites for hydroxylation is 1. The van der Waals surface area contributed by atoms with Crippen LogP contribution in [0.2, 0.25) is 0 Å². The molecule has 2 aromatic heterocycles. The van der Waals surface area contributed by atoms with Crippen LogP contribution in [-0.2, 0) is 16.0 Å². The number of carbonyl (C=O) groups excluding carboxylic acids is 2. The quantitative estimate of drug-likeness (QED) is 0.347. The van der Waals surface area contributed by atoms with Gasteiger partial charge in [-0.2, -0.15) is 11.3 Å². The molecular weight excluding hydrogens is 456 g/mol. The van der Waals surface area contributed by atoms with Crippen LogP contribution in [0.4, 0.5) is 11.4 Å². The summed E-state index contributed by atoms with van der Waals surface area (Å²) in [6.07, 6.45) is 0.494. The maximum Gasteiger partial charge on any atom is 0.262 e. The van der Waals surface area contributed by atoms with Gasteiger partial charge in [0.2, 0.25) is 17.7 Å². The lowest BCUT2D eigenvalue weighted by Gasteiger charge is -2.11. The zero-order valence-electron chi connectivity index (χ0n) is 18.3. The Hall–Kier alpha value is -4.18. The number of nitrogens with zero attached hydrogens (tertiary/aromatic N) is 2. The Kier molecular flexibility index (Phi) is 7.51. The summed E-state index contributed by atoms with van der Waals surface area (Å²) in [6, 6.07) is 15.8. The van der Waals surface area contributed by atoms with Gasteiger partial charge in [0.15, 0.2) is 18.1 Å². The van der Waals surface area contributed by atoms with Gasteiger partial charge < -0.3 is 24.5 Å². The third-order valence-corrected chi connectivity index (χ3v) is 5.34. The number of methoxy groups -OCH3 is 1. The largest absolute Gasteiger partial charge is 0.493 e. The van der Waals surface area contributed by atoms with Crippen LogP contribution in [0.3, 0.4) is 0 Å². The highest BCUT2D eigenvalue weighted by atomic mass is 32.1. The summed E-state index contributed by atoms with van der Waals surface area (Å²) in [5, 5.41) is 17.4. The van der Waals surface area contributed by atoms with Crippen molar-refractivity contribution in [2.75, 3.05) is 24.4 Å². The van der Waals surface area contributed by atoms with Gasteiger partial charge in [-0.3, -0.25) is 9.59 Å². The molecule has 0 aliphatic heterocycles. The molecule has 9 nitrogen and oxygen atoms in total. The highest BCUT2D eigenvalue weighted by molar-refractivity contribution is 7.08. The minimum absolute atomic E-state index is 0.175. The van der Waals surface area contributed by atoms with Gasteiger partial charge in [-0.1, -0.05) is 18.2 Å². The van der Waals surface area contributed by atoms with Crippen LogP contribution in [0.15, 0.2) is 69.8 Å². The van der Waals surface area contributed by atoms with Crippen molar-refractivity contribution in [1.29, 1.82) is 0 Å². The molecule has 2 aromatic carbocycles. The number of hydrogen-bond donors (Lipinski definition) is 2. The fourth-order valence-electron chi connectivity index (χ4n) is 3.05. The molecule has 0 bridgehead atoms. The smallest absolute Gasteiger partial charge is 0.262 e. The van der Waals surface area contributed by atoms with Crippen molar-refractivity contribution in [2.24, 2.45) is 0 Å². The van der Waals surface area contributed by atoms with E-state index in [1.165, 1.54) is 7.11 Å². The van der Waals surface area contributed by atoms with Crippen molar-refractivity contribution in [3.8, 4) is 23.0 Å². The third kappa shape index (κ3) is 6.20. The Balaban J connectivity index is 1.25. The Morgan fingerprint density at radius 2 is 1.74 bits per heavy atom. The third-order valence-electron chi connectivity index (χ3n) is 4.66. The van der Waals surface area contributed by atoms with Crippen LogP contribution >= 0.6 is 11.3 Å². The van der Waals surface area contributed by atoms with Crippen LogP contribution in [-0.4, -0.2) is 35.7 Å². The summed E-state index contributed by atoms with van der Waals surface area (Å²) >= 11 is 1.54. The van der Waals surface area contributed by atoms with E-state index in [0.717, 1.165) is 5.56 Å². The Labute approximate surface area is 199 Å². The fourth-order valence-corrected chi connectivity index (χ4v) is 3.68. The predicted molar refractivity (Wildman–Crippen MR) is 128 cm³/mol. The number of anilines is 2. The SMILES string of the molecule is COc1ccccc1OCC(=O)Nc1cccc(NC(=O)CCc2nnc(-c3ccsc3)o2)c1. The molecule has 2 amide bonds. The van der Waals surface area contributed by atoms with Crippen molar-refractivity contribution in [3.63, 3.8) is 0 Å². The molecule has 2 heterocycles. The van der Waals surface area contributed by atoms with Crippen molar-refractivity contribution in [2.45, 2.75) is 12.8 Å². The van der Waals surface area contributed by atoms with Gasteiger partial charge in [-0.25, -0.2) is 0 Å². The van der Waals surface area contributed by atoms with Crippen LogP contribution in [0.25, 0.3) is 11.5 Å². The first-order valence-corrected chi connectivity index (χ1v) is 11.4. The number of benzene rings is 2. The Morgan fingerprint density at radius 3 is 2.47 bits per heavy atom. The number of para-hydroxylation sites is 2. The minimum Gasteiger partial charge on any atom is -0.493 e. The second-order valence-corrected chi connectivity index (χ2v) is 7.91. The zero-order valence-corrected chi connectivity index (χ0v) is 19.1. The fraction of sp³-hybridized carbons (Fsp3) is 0.167. The second-order valence-electron chi connectivity index (χ2n) is 7.13. The van der Waals surface area contributed by atoms with Gasteiger partial charge in [0.1, 0.15) is 0 Å². The molecule has 0 saturated heterocycles. The topological polar surface area (TPSA) is 116 Å². The monoisotopic (exact) mass is 478 g/mol. The number of aromatic nitrogens is 2. The molecule has 0 unspecified atom stereocenters. The van der Waals surface area contributed by atoms with Crippen LogP contribution < -0.4 is 20.1 Å². The number of carbonyl (C=O) groups is 2. The van der Waals surface area contributed by atoms with E-state index in [4.69, 9.17) is 13.9 Å². The minimum atomic E-state index is -0.341. The number of hydrogen-bond acceptors (Lipinski definition) is 8. The molecule has 0 fully saturated rings. The first-order valence-electron chi connectivity index (χ1n) is 10.4. The Morgan fingerprint density at radius 1 is 0.971 bits per heavy atom. The average molecular weight is 479 g/mol. The molecule has 0 radical (unpaired) electrons. The van der Waals surface area contributed by atoms with Gasteiger partial charge in [0.05, 0.1) is 7.11 Å². The lowest BCUT2D eigenvalue weighted by atomic mass is 10.2. The van der Waals surface area contributed by atoms with E-state index in [0.29, 0.717) is 41.1 Å². The van der Waals surface area contributed by atoms with Crippen molar-refractivity contribution in [3.05, 3.63) is 71.2 Å².